The Hall–Kier alpha value is -0.830. The number of hydrogen-bond donors (Lipinski definition) is 0. The van der Waals surface area contributed by atoms with Gasteiger partial charge in [0, 0.05) is 5.56 Å². The van der Waals surface area contributed by atoms with E-state index < -0.39 is 0 Å². The standard InChI is InChI=1S/C7H9NOS/c1-6(8-9-2)7-3-4-10-5-7/h3-5H,1-2H3. The highest BCUT2D eigenvalue weighted by molar-refractivity contribution is 7.08. The number of thiophene rings is 1. The molecule has 0 radical (unpaired) electrons. The Kier molecular flexibility index (Phi) is 2.45. The fourth-order valence-corrected chi connectivity index (χ4v) is 1.36. The summed E-state index contributed by atoms with van der Waals surface area (Å²) < 4.78 is 0. The number of oxime groups is 1. The number of nitrogens with zero attached hydrogens (tertiary/aromatic N) is 1. The molecule has 0 aliphatic heterocycles. The van der Waals surface area contributed by atoms with Gasteiger partial charge >= 0.3 is 0 Å². The van der Waals surface area contributed by atoms with Crippen molar-refractivity contribution in [1.29, 1.82) is 0 Å². The molecule has 0 saturated heterocycles. The average Bonchev–Trinajstić information content (AvgIpc) is 2.38. The molecule has 3 heteroatoms. The van der Waals surface area contributed by atoms with E-state index in [1.54, 1.807) is 18.4 Å². The minimum Gasteiger partial charge on any atom is -0.399 e. The van der Waals surface area contributed by atoms with Crippen molar-refractivity contribution in [2.45, 2.75) is 6.92 Å². The summed E-state index contributed by atoms with van der Waals surface area (Å²) in [5, 5.41) is 7.85. The summed E-state index contributed by atoms with van der Waals surface area (Å²) in [6.07, 6.45) is 0. The largest absolute Gasteiger partial charge is 0.399 e. The zero-order valence-corrected chi connectivity index (χ0v) is 6.81. The van der Waals surface area contributed by atoms with E-state index in [1.165, 1.54) is 0 Å². The fraction of sp³-hybridized carbons (Fsp3) is 0.286. The van der Waals surface area contributed by atoms with E-state index in [0.717, 1.165) is 11.3 Å². The van der Waals surface area contributed by atoms with Crippen molar-refractivity contribution >= 4 is 17.0 Å². The minimum absolute atomic E-state index is 0.920. The second-order valence-corrected chi connectivity index (χ2v) is 2.65. The number of rotatable bonds is 2. The third-order valence-corrected chi connectivity index (χ3v) is 1.85. The van der Waals surface area contributed by atoms with Crippen molar-refractivity contribution in [1.82, 2.24) is 0 Å². The van der Waals surface area contributed by atoms with E-state index >= 15 is 0 Å². The summed E-state index contributed by atoms with van der Waals surface area (Å²) in [6.45, 7) is 1.92. The van der Waals surface area contributed by atoms with Gasteiger partial charge in [0.15, 0.2) is 0 Å². The maximum absolute atomic E-state index is 4.62. The van der Waals surface area contributed by atoms with Crippen molar-refractivity contribution in [3.05, 3.63) is 22.4 Å². The molecule has 0 amide bonds. The van der Waals surface area contributed by atoms with Gasteiger partial charge in [-0.05, 0) is 23.8 Å². The summed E-state index contributed by atoms with van der Waals surface area (Å²) in [5.74, 6) is 0. The van der Waals surface area contributed by atoms with Crippen molar-refractivity contribution in [2.75, 3.05) is 7.11 Å². The van der Waals surface area contributed by atoms with Gasteiger partial charge in [0.25, 0.3) is 0 Å². The summed E-state index contributed by atoms with van der Waals surface area (Å²) in [4.78, 5) is 4.62. The van der Waals surface area contributed by atoms with Gasteiger partial charge in [-0.3, -0.25) is 0 Å². The van der Waals surface area contributed by atoms with E-state index in [9.17, 15) is 0 Å². The van der Waals surface area contributed by atoms with Crippen molar-refractivity contribution in [3.63, 3.8) is 0 Å². The van der Waals surface area contributed by atoms with Gasteiger partial charge in [-0.1, -0.05) is 5.16 Å². The minimum atomic E-state index is 0.920. The van der Waals surface area contributed by atoms with Crippen LogP contribution in [0.2, 0.25) is 0 Å². The maximum Gasteiger partial charge on any atom is 0.106 e. The molecule has 0 aromatic carbocycles. The van der Waals surface area contributed by atoms with E-state index in [2.05, 4.69) is 9.99 Å². The van der Waals surface area contributed by atoms with Crippen LogP contribution < -0.4 is 0 Å². The van der Waals surface area contributed by atoms with Gasteiger partial charge < -0.3 is 4.84 Å². The Morgan fingerprint density at radius 2 is 2.50 bits per heavy atom. The monoisotopic (exact) mass is 155 g/mol. The smallest absolute Gasteiger partial charge is 0.106 e. The quantitative estimate of drug-likeness (QED) is 0.473. The van der Waals surface area contributed by atoms with Crippen LogP contribution in [-0.2, 0) is 4.84 Å². The van der Waals surface area contributed by atoms with Crippen LogP contribution in [0, 0.1) is 0 Å². The van der Waals surface area contributed by atoms with E-state index in [0.29, 0.717) is 0 Å². The van der Waals surface area contributed by atoms with Crippen LogP contribution in [0.5, 0.6) is 0 Å². The van der Waals surface area contributed by atoms with Gasteiger partial charge in [-0.15, -0.1) is 0 Å². The predicted molar refractivity (Wildman–Crippen MR) is 43.5 cm³/mol. The molecule has 1 heterocycles. The van der Waals surface area contributed by atoms with Gasteiger partial charge in [0.2, 0.25) is 0 Å². The molecule has 0 aliphatic rings. The highest BCUT2D eigenvalue weighted by atomic mass is 32.1. The molecule has 0 saturated carbocycles. The molecule has 2 nitrogen and oxygen atoms in total. The second-order valence-electron chi connectivity index (χ2n) is 1.87. The molecule has 0 atom stereocenters. The first-order valence-corrected chi connectivity index (χ1v) is 3.89. The summed E-state index contributed by atoms with van der Waals surface area (Å²) in [6, 6.07) is 2.02. The maximum atomic E-state index is 4.62. The van der Waals surface area contributed by atoms with Crippen LogP contribution in [0.1, 0.15) is 12.5 Å². The molecule has 1 aromatic rings. The lowest BCUT2D eigenvalue weighted by Crippen LogP contribution is -1.91. The first-order chi connectivity index (χ1) is 4.84. The van der Waals surface area contributed by atoms with Crippen LogP contribution in [0.25, 0.3) is 0 Å². The van der Waals surface area contributed by atoms with Crippen molar-refractivity contribution < 1.29 is 4.84 Å². The number of hydrogen-bond acceptors (Lipinski definition) is 3. The normalized spacial score (nSPS) is 11.6. The Balaban J connectivity index is 2.77. The molecule has 1 aromatic heterocycles. The average molecular weight is 155 g/mol. The highest BCUT2D eigenvalue weighted by Crippen LogP contribution is 2.06. The Morgan fingerprint density at radius 3 is 3.00 bits per heavy atom. The second kappa shape index (κ2) is 3.37. The van der Waals surface area contributed by atoms with E-state index in [1.807, 2.05) is 23.8 Å². The zero-order valence-electron chi connectivity index (χ0n) is 6.00. The molecule has 0 fully saturated rings. The fourth-order valence-electron chi connectivity index (χ4n) is 0.660. The Bertz CT molecular complexity index is 216. The summed E-state index contributed by atoms with van der Waals surface area (Å²) in [7, 11) is 1.55. The summed E-state index contributed by atoms with van der Waals surface area (Å²) in [5.41, 5.74) is 2.05. The van der Waals surface area contributed by atoms with E-state index in [-0.39, 0.29) is 0 Å². The topological polar surface area (TPSA) is 21.6 Å². The third-order valence-electron chi connectivity index (χ3n) is 1.17. The van der Waals surface area contributed by atoms with Gasteiger partial charge in [0.05, 0.1) is 5.71 Å². The molecular weight excluding hydrogens is 146 g/mol. The van der Waals surface area contributed by atoms with Crippen molar-refractivity contribution in [2.24, 2.45) is 5.16 Å². The zero-order chi connectivity index (χ0) is 7.40. The molecule has 1 rings (SSSR count). The Labute approximate surface area is 64.1 Å². The molecule has 0 N–H and O–H groups in total. The molecule has 54 valence electrons. The highest BCUT2D eigenvalue weighted by Gasteiger charge is 1.95. The van der Waals surface area contributed by atoms with Crippen molar-refractivity contribution in [3.8, 4) is 0 Å². The van der Waals surface area contributed by atoms with Crippen LogP contribution >= 0.6 is 11.3 Å². The lowest BCUT2D eigenvalue weighted by Gasteiger charge is -1.92. The first kappa shape index (κ1) is 7.28. The van der Waals surface area contributed by atoms with Gasteiger partial charge in [-0.25, -0.2) is 0 Å². The third kappa shape index (κ3) is 1.57. The summed E-state index contributed by atoms with van der Waals surface area (Å²) >= 11 is 1.66. The van der Waals surface area contributed by atoms with E-state index in [4.69, 9.17) is 0 Å². The molecule has 0 unspecified atom stereocenters. The predicted octanol–water partition coefficient (Wildman–Crippen LogP) is 2.12. The molecule has 0 spiro atoms. The van der Waals surface area contributed by atoms with Crippen LogP contribution in [0.3, 0.4) is 0 Å². The molecule has 0 bridgehead atoms. The van der Waals surface area contributed by atoms with Crippen LogP contribution in [0.4, 0.5) is 0 Å². The molecule has 10 heavy (non-hydrogen) atoms. The molecule has 0 aliphatic carbocycles. The lowest BCUT2D eigenvalue weighted by molar-refractivity contribution is 0.213. The lowest BCUT2D eigenvalue weighted by atomic mass is 10.2. The van der Waals surface area contributed by atoms with Gasteiger partial charge in [0.1, 0.15) is 7.11 Å². The van der Waals surface area contributed by atoms with Gasteiger partial charge in [-0.2, -0.15) is 11.3 Å². The molecular formula is C7H9NOS. The SMILES string of the molecule is CON=C(C)c1ccsc1. The van der Waals surface area contributed by atoms with Crippen LogP contribution in [-0.4, -0.2) is 12.8 Å². The Morgan fingerprint density at radius 1 is 1.70 bits per heavy atom. The first-order valence-electron chi connectivity index (χ1n) is 2.95. The van der Waals surface area contributed by atoms with Crippen LogP contribution in [0.15, 0.2) is 22.0 Å².